The summed E-state index contributed by atoms with van der Waals surface area (Å²) in [6.07, 6.45) is 3.97. The Balaban J connectivity index is 1.73. The van der Waals surface area contributed by atoms with E-state index in [9.17, 15) is 10.1 Å². The van der Waals surface area contributed by atoms with Crippen LogP contribution >= 0.6 is 0 Å². The molecule has 0 spiro atoms. The SMILES string of the molecule is Cc1cc(N2CCCN(c3cccnn3)CC2)ncc1[N+](=O)[O-]. The summed E-state index contributed by atoms with van der Waals surface area (Å²) >= 11 is 0. The monoisotopic (exact) mass is 314 g/mol. The molecule has 1 aliphatic rings. The zero-order valence-electron chi connectivity index (χ0n) is 12.9. The van der Waals surface area contributed by atoms with E-state index in [1.807, 2.05) is 12.1 Å². The molecule has 0 bridgehead atoms. The van der Waals surface area contributed by atoms with Crippen LogP contribution in [0.2, 0.25) is 0 Å². The summed E-state index contributed by atoms with van der Waals surface area (Å²) in [7, 11) is 0. The van der Waals surface area contributed by atoms with Crippen molar-refractivity contribution >= 4 is 17.3 Å². The average Bonchev–Trinajstić information content (AvgIpc) is 2.81. The van der Waals surface area contributed by atoms with E-state index in [1.54, 1.807) is 19.2 Å². The minimum Gasteiger partial charge on any atom is -0.355 e. The third kappa shape index (κ3) is 3.36. The predicted octanol–water partition coefficient (Wildman–Crippen LogP) is 1.80. The molecule has 0 aliphatic carbocycles. The third-order valence-electron chi connectivity index (χ3n) is 3.97. The van der Waals surface area contributed by atoms with Gasteiger partial charge in [-0.1, -0.05) is 0 Å². The molecule has 2 aromatic heterocycles. The Kier molecular flexibility index (Phi) is 4.31. The molecule has 1 saturated heterocycles. The van der Waals surface area contributed by atoms with Crippen molar-refractivity contribution in [2.75, 3.05) is 36.0 Å². The fourth-order valence-corrected chi connectivity index (χ4v) is 2.74. The van der Waals surface area contributed by atoms with E-state index < -0.39 is 4.92 Å². The summed E-state index contributed by atoms with van der Waals surface area (Å²) in [5.41, 5.74) is 0.694. The van der Waals surface area contributed by atoms with E-state index in [-0.39, 0.29) is 5.69 Å². The van der Waals surface area contributed by atoms with Gasteiger partial charge in [0.05, 0.1) is 4.92 Å². The molecule has 23 heavy (non-hydrogen) atoms. The first-order chi connectivity index (χ1) is 11.1. The maximum atomic E-state index is 10.9. The zero-order valence-corrected chi connectivity index (χ0v) is 12.9. The Morgan fingerprint density at radius 1 is 1.17 bits per heavy atom. The second kappa shape index (κ2) is 6.55. The van der Waals surface area contributed by atoms with Crippen molar-refractivity contribution in [2.45, 2.75) is 13.3 Å². The number of aryl methyl sites for hydroxylation is 1. The normalized spacial score (nSPS) is 15.3. The molecule has 0 atom stereocenters. The molecular weight excluding hydrogens is 296 g/mol. The Morgan fingerprint density at radius 2 is 1.91 bits per heavy atom. The lowest BCUT2D eigenvalue weighted by molar-refractivity contribution is -0.385. The van der Waals surface area contributed by atoms with E-state index in [1.165, 1.54) is 6.20 Å². The maximum Gasteiger partial charge on any atom is 0.290 e. The van der Waals surface area contributed by atoms with Crippen LogP contribution in [0.15, 0.2) is 30.6 Å². The first-order valence-electron chi connectivity index (χ1n) is 7.54. The van der Waals surface area contributed by atoms with Crippen LogP contribution in [0.3, 0.4) is 0 Å². The van der Waals surface area contributed by atoms with Gasteiger partial charge in [-0.05, 0) is 31.5 Å². The minimum atomic E-state index is -0.398. The lowest BCUT2D eigenvalue weighted by Crippen LogP contribution is -2.31. The van der Waals surface area contributed by atoms with E-state index in [4.69, 9.17) is 0 Å². The topological polar surface area (TPSA) is 88.3 Å². The van der Waals surface area contributed by atoms with Gasteiger partial charge in [-0.2, -0.15) is 5.10 Å². The van der Waals surface area contributed by atoms with Crippen LogP contribution in [0.5, 0.6) is 0 Å². The Hall–Kier alpha value is -2.77. The molecule has 1 aliphatic heterocycles. The van der Waals surface area contributed by atoms with Crippen LogP contribution in [0.4, 0.5) is 17.3 Å². The molecule has 0 saturated carbocycles. The van der Waals surface area contributed by atoms with Gasteiger partial charge in [-0.3, -0.25) is 10.1 Å². The average molecular weight is 314 g/mol. The fourth-order valence-electron chi connectivity index (χ4n) is 2.74. The predicted molar refractivity (Wildman–Crippen MR) is 86.7 cm³/mol. The van der Waals surface area contributed by atoms with E-state index in [0.29, 0.717) is 5.56 Å². The van der Waals surface area contributed by atoms with Crippen LogP contribution in [0.25, 0.3) is 0 Å². The Labute approximate surface area is 133 Å². The van der Waals surface area contributed by atoms with Crippen molar-refractivity contribution in [3.05, 3.63) is 46.3 Å². The van der Waals surface area contributed by atoms with Gasteiger partial charge in [0.1, 0.15) is 12.0 Å². The van der Waals surface area contributed by atoms with Crippen LogP contribution in [-0.4, -0.2) is 46.3 Å². The Morgan fingerprint density at radius 3 is 2.52 bits per heavy atom. The molecule has 0 radical (unpaired) electrons. The third-order valence-corrected chi connectivity index (χ3v) is 3.97. The van der Waals surface area contributed by atoms with E-state index >= 15 is 0 Å². The van der Waals surface area contributed by atoms with Crippen molar-refractivity contribution in [1.29, 1.82) is 0 Å². The van der Waals surface area contributed by atoms with Gasteiger partial charge in [-0.15, -0.1) is 5.10 Å². The van der Waals surface area contributed by atoms with Crippen molar-refractivity contribution in [3.8, 4) is 0 Å². The molecule has 0 unspecified atom stereocenters. The molecule has 8 nitrogen and oxygen atoms in total. The summed E-state index contributed by atoms with van der Waals surface area (Å²) in [6, 6.07) is 5.62. The van der Waals surface area contributed by atoms with E-state index in [2.05, 4.69) is 25.0 Å². The van der Waals surface area contributed by atoms with Crippen LogP contribution in [0.1, 0.15) is 12.0 Å². The highest BCUT2D eigenvalue weighted by Crippen LogP contribution is 2.22. The van der Waals surface area contributed by atoms with Crippen molar-refractivity contribution in [3.63, 3.8) is 0 Å². The first-order valence-corrected chi connectivity index (χ1v) is 7.54. The summed E-state index contributed by atoms with van der Waals surface area (Å²) in [4.78, 5) is 19.1. The maximum absolute atomic E-state index is 10.9. The van der Waals surface area contributed by atoms with Gasteiger partial charge in [0.2, 0.25) is 0 Å². The number of nitro groups is 1. The van der Waals surface area contributed by atoms with Crippen molar-refractivity contribution in [1.82, 2.24) is 15.2 Å². The highest BCUT2D eigenvalue weighted by molar-refractivity contribution is 5.49. The molecule has 120 valence electrons. The highest BCUT2D eigenvalue weighted by atomic mass is 16.6. The van der Waals surface area contributed by atoms with Gasteiger partial charge in [0, 0.05) is 37.9 Å². The van der Waals surface area contributed by atoms with Crippen molar-refractivity contribution < 1.29 is 4.92 Å². The molecule has 1 fully saturated rings. The number of hydrogen-bond acceptors (Lipinski definition) is 7. The molecule has 2 aromatic rings. The largest absolute Gasteiger partial charge is 0.355 e. The van der Waals surface area contributed by atoms with Crippen LogP contribution in [0, 0.1) is 17.0 Å². The number of aromatic nitrogens is 3. The number of anilines is 2. The number of rotatable bonds is 3. The summed E-state index contributed by atoms with van der Waals surface area (Å²) in [6.45, 7) is 5.12. The zero-order chi connectivity index (χ0) is 16.2. The minimum absolute atomic E-state index is 0.0600. The summed E-state index contributed by atoms with van der Waals surface area (Å²) in [5.74, 6) is 1.66. The summed E-state index contributed by atoms with van der Waals surface area (Å²) < 4.78 is 0. The van der Waals surface area contributed by atoms with Crippen molar-refractivity contribution in [2.24, 2.45) is 0 Å². The first kappa shape index (κ1) is 15.1. The van der Waals surface area contributed by atoms with Crippen LogP contribution < -0.4 is 9.80 Å². The standard InChI is InChI=1S/C15H18N6O2/c1-12-10-15(16-11-13(12)21(22)23)20-7-3-6-19(8-9-20)14-4-2-5-17-18-14/h2,4-5,10-11H,3,6-9H2,1H3. The quantitative estimate of drug-likeness (QED) is 0.630. The fraction of sp³-hybridized carbons (Fsp3) is 0.400. The van der Waals surface area contributed by atoms with Gasteiger partial charge >= 0.3 is 0 Å². The molecular formula is C15H18N6O2. The lowest BCUT2D eigenvalue weighted by Gasteiger charge is -2.23. The number of pyridine rings is 1. The summed E-state index contributed by atoms with van der Waals surface area (Å²) in [5, 5.41) is 19.0. The molecule has 0 aromatic carbocycles. The molecule has 0 N–H and O–H groups in total. The van der Waals surface area contributed by atoms with Gasteiger partial charge < -0.3 is 9.80 Å². The lowest BCUT2D eigenvalue weighted by atomic mass is 10.2. The molecule has 3 rings (SSSR count). The smallest absolute Gasteiger partial charge is 0.290 e. The van der Waals surface area contributed by atoms with Gasteiger partial charge in [-0.25, -0.2) is 4.98 Å². The second-order valence-corrected chi connectivity index (χ2v) is 5.50. The Bertz CT molecular complexity index is 694. The molecule has 0 amide bonds. The van der Waals surface area contributed by atoms with Gasteiger partial charge in [0.15, 0.2) is 5.82 Å². The highest BCUT2D eigenvalue weighted by Gasteiger charge is 2.19. The number of hydrogen-bond donors (Lipinski definition) is 0. The number of nitrogens with zero attached hydrogens (tertiary/aromatic N) is 6. The molecule has 3 heterocycles. The van der Waals surface area contributed by atoms with Crippen LogP contribution in [-0.2, 0) is 0 Å². The molecule has 8 heteroatoms. The second-order valence-electron chi connectivity index (χ2n) is 5.50. The van der Waals surface area contributed by atoms with E-state index in [0.717, 1.165) is 44.2 Å². The van der Waals surface area contributed by atoms with Gasteiger partial charge in [0.25, 0.3) is 5.69 Å².